The van der Waals surface area contributed by atoms with Crippen LogP contribution in [0.3, 0.4) is 0 Å². The topological polar surface area (TPSA) is 73.3 Å². The summed E-state index contributed by atoms with van der Waals surface area (Å²) in [5.74, 6) is -1.48. The fourth-order valence-electron chi connectivity index (χ4n) is 1.94. The number of carbonyl (C=O) groups excluding carboxylic acids is 2. The third-order valence-electron chi connectivity index (χ3n) is 2.73. The molecule has 0 N–H and O–H groups in total. The van der Waals surface area contributed by atoms with Gasteiger partial charge in [-0.2, -0.15) is 0 Å². The Kier molecular flexibility index (Phi) is 3.82. The number of thioether (sulfide) groups is 1. The smallest absolute Gasteiger partial charge is 0.543 e. The average Bonchev–Trinajstić information content (AvgIpc) is 2.63. The molecule has 0 spiro atoms. The summed E-state index contributed by atoms with van der Waals surface area (Å²) in [6, 6.07) is 3.50. The van der Waals surface area contributed by atoms with Crippen molar-refractivity contribution in [2.24, 2.45) is 0 Å². The maximum Gasteiger partial charge on any atom is 1.00 e. The van der Waals surface area contributed by atoms with Crippen molar-refractivity contribution in [2.45, 2.75) is 11.8 Å². The van der Waals surface area contributed by atoms with Gasteiger partial charge in [0.25, 0.3) is 0 Å². The Balaban J connectivity index is 0.00000120. The maximum absolute atomic E-state index is 11.4. The number of fused-ring (bicyclic) bond motifs is 1. The third-order valence-corrected chi connectivity index (χ3v) is 4.05. The zero-order chi connectivity index (χ0) is 12.0. The van der Waals surface area contributed by atoms with Crippen LogP contribution in [0.25, 0.3) is 4.91 Å². The zero-order valence-corrected chi connectivity index (χ0v) is 12.4. The quantitative estimate of drug-likeness (QED) is 0.418. The fourth-order valence-corrected chi connectivity index (χ4v) is 3.32. The van der Waals surface area contributed by atoms with Gasteiger partial charge < -0.3 is 9.90 Å². The number of nitrogens with zero attached hydrogens (tertiary/aromatic N) is 2. The first-order valence-electron chi connectivity index (χ1n) is 5.03. The van der Waals surface area contributed by atoms with Crippen molar-refractivity contribution < 1.29 is 44.3 Å². The molecule has 0 unspecified atom stereocenters. The summed E-state index contributed by atoms with van der Waals surface area (Å²) in [6.07, 6.45) is 3.58. The van der Waals surface area contributed by atoms with E-state index in [1.807, 2.05) is 0 Å². The molecule has 0 aliphatic carbocycles. The van der Waals surface area contributed by atoms with Gasteiger partial charge in [-0.25, -0.2) is 0 Å². The molecule has 86 valence electrons. The van der Waals surface area contributed by atoms with Crippen LogP contribution in [0, 0.1) is 0 Å². The summed E-state index contributed by atoms with van der Waals surface area (Å²) >= 11 is 1.38. The van der Waals surface area contributed by atoms with E-state index in [1.165, 1.54) is 16.7 Å². The van der Waals surface area contributed by atoms with E-state index in [9.17, 15) is 14.7 Å². The second kappa shape index (κ2) is 5.05. The number of hydrogen-bond acceptors (Lipinski definition) is 5. The summed E-state index contributed by atoms with van der Waals surface area (Å²) in [6.45, 7) is 0. The minimum absolute atomic E-state index is 0. The minimum Gasteiger partial charge on any atom is -0.543 e. The Hall–Kier alpha value is -0.820. The van der Waals surface area contributed by atoms with Crippen LogP contribution in [-0.4, -0.2) is 27.1 Å². The van der Waals surface area contributed by atoms with Crippen molar-refractivity contribution >= 4 is 28.5 Å². The van der Waals surface area contributed by atoms with Gasteiger partial charge in [-0.15, -0.1) is 0 Å². The average molecular weight is 270 g/mol. The van der Waals surface area contributed by atoms with E-state index in [4.69, 9.17) is 0 Å². The molecule has 0 saturated carbocycles. The molecule has 3 rings (SSSR count). The van der Waals surface area contributed by atoms with Crippen LogP contribution in [0.1, 0.15) is 12.0 Å². The molecule has 1 aromatic rings. The van der Waals surface area contributed by atoms with Crippen molar-refractivity contribution in [3.63, 3.8) is 0 Å². The van der Waals surface area contributed by atoms with Crippen LogP contribution < -0.4 is 34.7 Å². The number of rotatable bonds is 2. The first-order chi connectivity index (χ1) is 8.18. The van der Waals surface area contributed by atoms with E-state index in [-0.39, 0.29) is 46.5 Å². The molecule has 7 heteroatoms. The fraction of sp³-hybridized carbons (Fsp3) is 0.182. The Labute approximate surface area is 130 Å². The monoisotopic (exact) mass is 270 g/mol. The molecule has 1 atom stereocenters. The van der Waals surface area contributed by atoms with Crippen LogP contribution in [0.5, 0.6) is 0 Å². The largest absolute Gasteiger partial charge is 1.00 e. The normalized spacial score (nSPS) is 21.2. The second-order valence-corrected chi connectivity index (χ2v) is 4.94. The van der Waals surface area contributed by atoms with Gasteiger partial charge in [-0.05, 0) is 6.07 Å². The summed E-state index contributed by atoms with van der Waals surface area (Å²) in [7, 11) is 0. The number of hydrogen-bond donors (Lipinski definition) is 0. The number of amides is 1. The zero-order valence-electron chi connectivity index (χ0n) is 9.62. The van der Waals surface area contributed by atoms with E-state index in [2.05, 4.69) is 4.98 Å². The number of carboxylic acid groups (broad SMARTS) is 1. The van der Waals surface area contributed by atoms with Crippen LogP contribution >= 0.6 is 11.8 Å². The summed E-state index contributed by atoms with van der Waals surface area (Å²) < 4.78 is 0. The van der Waals surface area contributed by atoms with Crippen LogP contribution in [0.4, 0.5) is 0 Å². The minimum atomic E-state index is -1.31. The number of aliphatic carboxylic acids is 1. The van der Waals surface area contributed by atoms with E-state index < -0.39 is 5.97 Å². The molecule has 1 saturated heterocycles. The Morgan fingerprint density at radius 1 is 1.56 bits per heavy atom. The van der Waals surface area contributed by atoms with Crippen molar-refractivity contribution in [2.75, 3.05) is 0 Å². The first kappa shape index (κ1) is 13.6. The van der Waals surface area contributed by atoms with Gasteiger partial charge in [0, 0.05) is 22.9 Å². The summed E-state index contributed by atoms with van der Waals surface area (Å²) in [5.41, 5.74) is 0.683. The molecule has 1 fully saturated rings. The van der Waals surface area contributed by atoms with Gasteiger partial charge in [0.05, 0.1) is 23.5 Å². The van der Waals surface area contributed by atoms with E-state index in [1.54, 1.807) is 24.5 Å². The molecule has 2 aliphatic heterocycles. The molecule has 0 radical (unpaired) electrons. The number of carbonyl (C=O) groups is 2. The van der Waals surface area contributed by atoms with Gasteiger partial charge in [-0.1, -0.05) is 17.8 Å². The van der Waals surface area contributed by atoms with Crippen molar-refractivity contribution in [1.82, 2.24) is 9.88 Å². The molecule has 3 heterocycles. The molecule has 0 bridgehead atoms. The van der Waals surface area contributed by atoms with Crippen LogP contribution in [0.2, 0.25) is 0 Å². The van der Waals surface area contributed by atoms with Crippen molar-refractivity contribution in [1.29, 1.82) is 0 Å². The number of aromatic nitrogens is 1. The van der Waals surface area contributed by atoms with Gasteiger partial charge >= 0.3 is 29.6 Å². The molecule has 1 amide bonds. The predicted molar refractivity (Wildman–Crippen MR) is 59.0 cm³/mol. The Bertz CT molecular complexity index is 546. The molecule has 5 nitrogen and oxygen atoms in total. The maximum atomic E-state index is 11.4. The number of β-lactam (4-membered cyclic amide) rings is 1. The molecular formula is C11H7N2NaO3S. The SMILES string of the molecule is O=C([O-])C1=C(c2cccnc2)S[C@H]2CC(=O)N12.[Na+]. The van der Waals surface area contributed by atoms with Gasteiger partial charge in [0.2, 0.25) is 5.91 Å². The Morgan fingerprint density at radius 3 is 2.89 bits per heavy atom. The third kappa shape index (κ3) is 1.99. The van der Waals surface area contributed by atoms with Crippen molar-refractivity contribution in [3.05, 3.63) is 35.8 Å². The number of pyridine rings is 1. The molecular weight excluding hydrogens is 263 g/mol. The van der Waals surface area contributed by atoms with Crippen molar-refractivity contribution in [3.8, 4) is 0 Å². The van der Waals surface area contributed by atoms with Gasteiger partial charge in [0.15, 0.2) is 0 Å². The first-order valence-corrected chi connectivity index (χ1v) is 5.91. The Morgan fingerprint density at radius 2 is 2.33 bits per heavy atom. The standard InChI is InChI=1S/C11H8N2O3S.Na/c14-7-4-8-13(7)9(11(15)16)10(17-8)6-2-1-3-12-5-6;/h1-3,5,8H,4H2,(H,15,16);/q;+1/p-1/t8-;/m0./s1. The van der Waals surface area contributed by atoms with Crippen LogP contribution in [0.15, 0.2) is 30.2 Å². The van der Waals surface area contributed by atoms with Crippen LogP contribution in [-0.2, 0) is 9.59 Å². The van der Waals surface area contributed by atoms with E-state index in [0.717, 1.165) is 0 Å². The molecule has 2 aliphatic rings. The van der Waals surface area contributed by atoms with Gasteiger partial charge in [0.1, 0.15) is 0 Å². The molecule has 1 aromatic heterocycles. The molecule has 0 aromatic carbocycles. The number of carboxylic acids is 1. The van der Waals surface area contributed by atoms with E-state index in [0.29, 0.717) is 16.9 Å². The second-order valence-electron chi connectivity index (χ2n) is 3.75. The molecule has 18 heavy (non-hydrogen) atoms. The van der Waals surface area contributed by atoms with E-state index >= 15 is 0 Å². The summed E-state index contributed by atoms with van der Waals surface area (Å²) in [4.78, 5) is 28.3. The predicted octanol–water partition coefficient (Wildman–Crippen LogP) is -3.19. The summed E-state index contributed by atoms with van der Waals surface area (Å²) in [5, 5.41) is 11.0. The van der Waals surface area contributed by atoms with Gasteiger partial charge in [-0.3, -0.25) is 14.7 Å².